The van der Waals surface area contributed by atoms with Crippen molar-refractivity contribution in [2.75, 3.05) is 26.3 Å². The maximum absolute atomic E-state index is 16.8. The molecule has 2 aromatic carbocycles. The fraction of sp³-hybridized carbons (Fsp3) is 0.412. The summed E-state index contributed by atoms with van der Waals surface area (Å²) in [6, 6.07) is 14.5. The molecule has 1 aromatic heterocycles. The number of pyridine rings is 1. The van der Waals surface area contributed by atoms with Gasteiger partial charge in [0, 0.05) is 35.3 Å². The van der Waals surface area contributed by atoms with Gasteiger partial charge in [-0.1, -0.05) is 23.7 Å². The van der Waals surface area contributed by atoms with E-state index in [2.05, 4.69) is 4.98 Å². The Bertz CT molecular complexity index is 1700. The molecule has 1 aliphatic carbocycles. The van der Waals surface area contributed by atoms with Crippen molar-refractivity contribution in [3.8, 4) is 6.07 Å². The molecule has 2 atom stereocenters. The molecule has 2 amide bonds. The van der Waals surface area contributed by atoms with E-state index in [1.54, 1.807) is 43.3 Å². The van der Waals surface area contributed by atoms with E-state index in [1.807, 2.05) is 6.07 Å². The first-order chi connectivity index (χ1) is 21.9. The molecule has 3 aromatic rings. The first-order valence-corrected chi connectivity index (χ1v) is 15.5. The number of likely N-dealkylation sites (tertiary alicyclic amines) is 1. The van der Waals surface area contributed by atoms with Crippen LogP contribution in [0.5, 0.6) is 0 Å². The molecular formula is C34H34ClFN4O6. The van der Waals surface area contributed by atoms with Crippen LogP contribution < -0.4 is 0 Å². The zero-order chi connectivity index (χ0) is 32.9. The van der Waals surface area contributed by atoms with Crippen molar-refractivity contribution in [2.45, 2.75) is 50.5 Å². The largest absolute Gasteiger partial charge is 0.465 e. The molecule has 2 fully saturated rings. The van der Waals surface area contributed by atoms with Crippen molar-refractivity contribution in [1.82, 2.24) is 14.8 Å². The molecule has 3 N–H and O–H groups in total. The van der Waals surface area contributed by atoms with E-state index in [9.17, 15) is 30.2 Å². The number of fused-ring (bicyclic) bond motifs is 1. The molecule has 2 unspecified atom stereocenters. The van der Waals surface area contributed by atoms with Gasteiger partial charge in [-0.3, -0.25) is 14.7 Å². The highest BCUT2D eigenvalue weighted by Gasteiger charge is 2.57. The number of hydrogen-bond donors (Lipinski definition) is 3. The number of carbonyl (C=O) groups excluding carboxylic acids is 1. The van der Waals surface area contributed by atoms with Gasteiger partial charge in [0.15, 0.2) is 5.72 Å². The van der Waals surface area contributed by atoms with Gasteiger partial charge in [-0.2, -0.15) is 5.26 Å². The van der Waals surface area contributed by atoms with Crippen molar-refractivity contribution < 1.29 is 34.0 Å². The molecule has 2 aliphatic heterocycles. The second kappa shape index (κ2) is 11.9. The summed E-state index contributed by atoms with van der Waals surface area (Å²) in [5.74, 6) is -1.70. The van der Waals surface area contributed by atoms with Crippen LogP contribution in [0.15, 0.2) is 54.7 Å². The monoisotopic (exact) mass is 648 g/mol. The summed E-state index contributed by atoms with van der Waals surface area (Å²) in [6.07, 6.45) is 2.51. The SMILES string of the molecule is CC(O)(c1cc(F)c2c(c1)C(=O)N(Cc1ccc(C#N)cn1)C2(OCC1(CO)CC1)c1ccc(Cl)cc1)C1CCN(C(=O)O)CC1. The summed E-state index contributed by atoms with van der Waals surface area (Å²) in [4.78, 5) is 33.0. The summed E-state index contributed by atoms with van der Waals surface area (Å²) < 4.78 is 23.5. The highest BCUT2D eigenvalue weighted by Crippen LogP contribution is 2.52. The molecule has 6 rings (SSSR count). The molecule has 3 heterocycles. The number of hydrogen-bond acceptors (Lipinski definition) is 7. The number of aliphatic hydroxyl groups excluding tert-OH is 1. The zero-order valence-electron chi connectivity index (χ0n) is 25.2. The molecule has 0 bridgehead atoms. The van der Waals surface area contributed by atoms with Crippen LogP contribution >= 0.6 is 11.6 Å². The highest BCUT2D eigenvalue weighted by atomic mass is 35.5. The number of amides is 2. The predicted octanol–water partition coefficient (Wildman–Crippen LogP) is 4.99. The maximum Gasteiger partial charge on any atom is 0.407 e. The van der Waals surface area contributed by atoms with E-state index in [0.717, 1.165) is 0 Å². The Morgan fingerprint density at radius 3 is 2.46 bits per heavy atom. The van der Waals surface area contributed by atoms with Gasteiger partial charge in [0.2, 0.25) is 0 Å². The van der Waals surface area contributed by atoms with Gasteiger partial charge in [-0.05, 0) is 80.5 Å². The van der Waals surface area contributed by atoms with Gasteiger partial charge < -0.3 is 25.0 Å². The van der Waals surface area contributed by atoms with E-state index in [1.165, 1.54) is 28.1 Å². The minimum absolute atomic E-state index is 0.00990. The van der Waals surface area contributed by atoms with Crippen molar-refractivity contribution in [3.63, 3.8) is 0 Å². The zero-order valence-corrected chi connectivity index (χ0v) is 26.0. The van der Waals surface area contributed by atoms with Crippen LogP contribution in [0.4, 0.5) is 9.18 Å². The molecule has 12 heteroatoms. The van der Waals surface area contributed by atoms with Gasteiger partial charge in [-0.25, -0.2) is 9.18 Å². The number of benzene rings is 2. The molecule has 1 saturated carbocycles. The number of rotatable bonds is 9. The van der Waals surface area contributed by atoms with Crippen LogP contribution in [0, 0.1) is 28.5 Å². The molecule has 0 spiro atoms. The Kier molecular flexibility index (Phi) is 8.27. The smallest absolute Gasteiger partial charge is 0.407 e. The Morgan fingerprint density at radius 2 is 1.89 bits per heavy atom. The Labute approximate surface area is 270 Å². The molecule has 1 saturated heterocycles. The summed E-state index contributed by atoms with van der Waals surface area (Å²) in [6.45, 7) is 1.83. The number of carboxylic acid groups (broad SMARTS) is 1. The summed E-state index contributed by atoms with van der Waals surface area (Å²) >= 11 is 6.24. The Morgan fingerprint density at radius 1 is 1.20 bits per heavy atom. The van der Waals surface area contributed by atoms with E-state index in [-0.39, 0.29) is 55.5 Å². The van der Waals surface area contributed by atoms with Crippen molar-refractivity contribution in [2.24, 2.45) is 11.3 Å². The molecule has 46 heavy (non-hydrogen) atoms. The summed E-state index contributed by atoms with van der Waals surface area (Å²) in [5.41, 5.74) is -2.48. The fourth-order valence-corrected chi connectivity index (χ4v) is 6.75. The number of aromatic nitrogens is 1. The normalized spacial score (nSPS) is 21.9. The van der Waals surface area contributed by atoms with Gasteiger partial charge in [0.05, 0.1) is 47.7 Å². The molecule has 10 nitrogen and oxygen atoms in total. The van der Waals surface area contributed by atoms with Crippen LogP contribution in [0.25, 0.3) is 0 Å². The van der Waals surface area contributed by atoms with E-state index in [4.69, 9.17) is 16.3 Å². The third-order valence-electron chi connectivity index (χ3n) is 9.82. The standard InChI is InChI=1S/C34H34ClFN4O6/c1-32(45,22-8-12-39(13-9-22)31(43)44)24-14-27-29(28(36)15-24)34(23-3-5-25(35)6-4-23,46-20-33(19-41)10-11-33)40(30(27)42)18-26-7-2-21(16-37)17-38-26/h2-7,14-15,17,22,41,45H,8-13,18-20H2,1H3,(H,43,44). The number of aliphatic hydroxyl groups is 2. The predicted molar refractivity (Wildman–Crippen MR) is 164 cm³/mol. The Hall–Kier alpha value is -4.08. The van der Waals surface area contributed by atoms with Gasteiger partial charge >= 0.3 is 6.09 Å². The topological polar surface area (TPSA) is 147 Å². The molecule has 240 valence electrons. The number of ether oxygens (including phenoxy) is 1. The maximum atomic E-state index is 16.8. The molecular weight excluding hydrogens is 615 g/mol. The van der Waals surface area contributed by atoms with Crippen LogP contribution in [0.1, 0.15) is 70.9 Å². The Balaban J connectivity index is 1.48. The van der Waals surface area contributed by atoms with E-state index in [0.29, 0.717) is 47.5 Å². The first-order valence-electron chi connectivity index (χ1n) is 15.2. The van der Waals surface area contributed by atoms with Crippen molar-refractivity contribution >= 4 is 23.6 Å². The van der Waals surface area contributed by atoms with Crippen LogP contribution in [-0.2, 0) is 22.6 Å². The summed E-state index contributed by atoms with van der Waals surface area (Å²) in [7, 11) is 0. The van der Waals surface area contributed by atoms with Gasteiger partial charge in [0.1, 0.15) is 11.9 Å². The second-order valence-corrected chi connectivity index (χ2v) is 13.1. The number of nitrogens with zero attached hydrogens (tertiary/aromatic N) is 4. The third kappa shape index (κ3) is 5.49. The molecule has 0 radical (unpaired) electrons. The number of nitriles is 1. The lowest BCUT2D eigenvalue weighted by atomic mass is 9.76. The number of piperidine rings is 1. The lowest BCUT2D eigenvalue weighted by molar-refractivity contribution is -0.130. The number of carbonyl (C=O) groups is 2. The fourth-order valence-electron chi connectivity index (χ4n) is 6.63. The average molecular weight is 649 g/mol. The van der Waals surface area contributed by atoms with Crippen molar-refractivity contribution in [3.05, 3.63) is 99.1 Å². The summed E-state index contributed by atoms with van der Waals surface area (Å²) in [5, 5.41) is 41.0. The first kappa shape index (κ1) is 31.9. The van der Waals surface area contributed by atoms with Gasteiger partial charge in [-0.15, -0.1) is 0 Å². The van der Waals surface area contributed by atoms with Gasteiger partial charge in [0.25, 0.3) is 5.91 Å². The highest BCUT2D eigenvalue weighted by molar-refractivity contribution is 6.30. The van der Waals surface area contributed by atoms with Crippen molar-refractivity contribution in [1.29, 1.82) is 5.26 Å². The quantitative estimate of drug-likeness (QED) is 0.294. The van der Waals surface area contributed by atoms with Crippen LogP contribution in [0.2, 0.25) is 5.02 Å². The minimum Gasteiger partial charge on any atom is -0.465 e. The van der Waals surface area contributed by atoms with E-state index >= 15 is 4.39 Å². The number of halogens is 2. The van der Waals surface area contributed by atoms with Crippen LogP contribution in [-0.4, -0.2) is 68.4 Å². The average Bonchev–Trinajstić information content (AvgIpc) is 3.81. The van der Waals surface area contributed by atoms with Crippen LogP contribution in [0.3, 0.4) is 0 Å². The van der Waals surface area contributed by atoms with E-state index < -0.39 is 34.6 Å². The second-order valence-electron chi connectivity index (χ2n) is 12.7. The molecule has 3 aliphatic rings. The third-order valence-corrected chi connectivity index (χ3v) is 10.1. The lowest BCUT2D eigenvalue weighted by Crippen LogP contribution is -2.48. The lowest BCUT2D eigenvalue weighted by Gasteiger charge is -2.41. The minimum atomic E-state index is -1.78.